The molecule has 0 saturated carbocycles. The van der Waals surface area contributed by atoms with Gasteiger partial charge in [0.2, 0.25) is 0 Å². The van der Waals surface area contributed by atoms with E-state index in [1.807, 2.05) is 6.07 Å². The minimum absolute atomic E-state index is 0.395. The predicted octanol–water partition coefficient (Wildman–Crippen LogP) is 6.56. The van der Waals surface area contributed by atoms with Crippen LogP contribution in [-0.2, 0) is 4.79 Å². The van der Waals surface area contributed by atoms with Crippen molar-refractivity contribution in [1.29, 1.82) is 0 Å². The first-order chi connectivity index (χ1) is 12.6. The third-order valence-electron chi connectivity index (χ3n) is 5.71. The summed E-state index contributed by atoms with van der Waals surface area (Å²) in [5, 5.41) is 0. The Bertz CT molecular complexity index is 570. The Kier molecular flexibility index (Phi) is 9.38. The number of aldehydes is 1. The van der Waals surface area contributed by atoms with Crippen LogP contribution in [0.4, 0.5) is 0 Å². The first-order valence-electron chi connectivity index (χ1n) is 10.2. The van der Waals surface area contributed by atoms with E-state index in [2.05, 4.69) is 31.4 Å². The molecule has 1 unspecified atom stereocenters. The van der Waals surface area contributed by atoms with Gasteiger partial charge in [0, 0.05) is 30.3 Å². The van der Waals surface area contributed by atoms with Crippen LogP contribution in [0, 0.1) is 11.8 Å². The first-order valence-corrected chi connectivity index (χ1v) is 11.4. The fourth-order valence-corrected chi connectivity index (χ4v) is 5.56. The molecule has 0 radical (unpaired) electrons. The second-order valence-corrected chi connectivity index (χ2v) is 9.48. The number of nitrogens with zero attached hydrogens (tertiary/aromatic N) is 1. The highest BCUT2D eigenvalue weighted by Crippen LogP contribution is 2.41. The van der Waals surface area contributed by atoms with E-state index >= 15 is 0 Å². The lowest BCUT2D eigenvalue weighted by molar-refractivity contribution is -0.107. The van der Waals surface area contributed by atoms with Gasteiger partial charge in [-0.3, -0.25) is 0 Å². The molecule has 146 valence electrons. The van der Waals surface area contributed by atoms with Crippen LogP contribution in [0.15, 0.2) is 24.3 Å². The Morgan fingerprint density at radius 2 is 2.19 bits per heavy atom. The Hall–Kier alpha value is -0.640. The number of hydrogen-bond acceptors (Lipinski definition) is 3. The Balaban J connectivity index is 2.08. The third kappa shape index (κ3) is 6.21. The van der Waals surface area contributed by atoms with E-state index in [-0.39, 0.29) is 0 Å². The Morgan fingerprint density at radius 3 is 2.81 bits per heavy atom. The van der Waals surface area contributed by atoms with Crippen LogP contribution in [-0.4, -0.2) is 30.8 Å². The van der Waals surface area contributed by atoms with Gasteiger partial charge in [0.05, 0.1) is 4.34 Å². The van der Waals surface area contributed by atoms with E-state index in [1.54, 1.807) is 11.3 Å². The van der Waals surface area contributed by atoms with E-state index in [0.717, 1.165) is 41.6 Å². The van der Waals surface area contributed by atoms with E-state index in [9.17, 15) is 4.79 Å². The molecule has 3 atom stereocenters. The van der Waals surface area contributed by atoms with Crippen LogP contribution in [0.5, 0.6) is 0 Å². The SMILES string of the molecule is C=C(CC=O)[C@@H]1CCN(CC(CCC)CCCC)C[C@H]1c1ccc(Cl)s1. The highest BCUT2D eigenvalue weighted by Gasteiger charge is 2.33. The van der Waals surface area contributed by atoms with E-state index in [4.69, 9.17) is 11.6 Å². The van der Waals surface area contributed by atoms with Crippen molar-refractivity contribution in [2.75, 3.05) is 19.6 Å². The first kappa shape index (κ1) is 21.7. The second kappa shape index (κ2) is 11.3. The number of allylic oxidation sites excluding steroid dienone is 1. The number of rotatable bonds is 11. The van der Waals surface area contributed by atoms with E-state index in [0.29, 0.717) is 18.3 Å². The van der Waals surface area contributed by atoms with Gasteiger partial charge in [0.25, 0.3) is 0 Å². The van der Waals surface area contributed by atoms with Crippen LogP contribution < -0.4 is 0 Å². The molecule has 0 amide bonds. The van der Waals surface area contributed by atoms with Gasteiger partial charge in [-0.2, -0.15) is 0 Å². The molecule has 1 aromatic rings. The molecule has 0 spiro atoms. The van der Waals surface area contributed by atoms with Crippen molar-refractivity contribution in [1.82, 2.24) is 4.90 Å². The second-order valence-electron chi connectivity index (χ2n) is 7.73. The van der Waals surface area contributed by atoms with Gasteiger partial charge in [0.1, 0.15) is 6.29 Å². The molecule has 2 rings (SSSR count). The summed E-state index contributed by atoms with van der Waals surface area (Å²) in [6.45, 7) is 12.2. The molecule has 1 saturated heterocycles. The predicted molar refractivity (Wildman–Crippen MR) is 114 cm³/mol. The summed E-state index contributed by atoms with van der Waals surface area (Å²) in [5.41, 5.74) is 1.09. The standard InChI is InChI=1S/C22H34ClNOS/c1-4-6-8-18(7-5-2)15-24-13-11-19(17(3)12-14-25)20(16-24)21-9-10-22(23)26-21/h9-10,14,18-20H,3-8,11-13,15-16H2,1-2H3/t18?,19-,20+/m0/s1. The van der Waals surface area contributed by atoms with Gasteiger partial charge in [-0.1, -0.05) is 56.9 Å². The van der Waals surface area contributed by atoms with Crippen LogP contribution in [0.1, 0.15) is 69.6 Å². The Morgan fingerprint density at radius 1 is 1.38 bits per heavy atom. The lowest BCUT2D eigenvalue weighted by Crippen LogP contribution is -2.42. The number of carbonyl (C=O) groups excluding carboxylic acids is 1. The van der Waals surface area contributed by atoms with Crippen molar-refractivity contribution in [3.8, 4) is 0 Å². The molecule has 0 aliphatic carbocycles. The van der Waals surface area contributed by atoms with Gasteiger partial charge in [-0.25, -0.2) is 0 Å². The van der Waals surface area contributed by atoms with Crippen molar-refractivity contribution < 1.29 is 4.79 Å². The quantitative estimate of drug-likeness (QED) is 0.312. The minimum atomic E-state index is 0.395. The van der Waals surface area contributed by atoms with Gasteiger partial charge in [-0.15, -0.1) is 11.3 Å². The highest BCUT2D eigenvalue weighted by molar-refractivity contribution is 7.16. The van der Waals surface area contributed by atoms with Crippen molar-refractivity contribution in [3.63, 3.8) is 0 Å². The topological polar surface area (TPSA) is 20.3 Å². The monoisotopic (exact) mass is 395 g/mol. The molecule has 2 heterocycles. The van der Waals surface area contributed by atoms with Crippen LogP contribution in [0.25, 0.3) is 0 Å². The van der Waals surface area contributed by atoms with Gasteiger partial charge in [-0.05, 0) is 49.8 Å². The average molecular weight is 396 g/mol. The van der Waals surface area contributed by atoms with Crippen LogP contribution >= 0.6 is 22.9 Å². The zero-order chi connectivity index (χ0) is 18.9. The Labute approximate surface area is 168 Å². The maximum atomic E-state index is 11.0. The number of halogens is 1. The molecule has 0 N–H and O–H groups in total. The number of hydrogen-bond donors (Lipinski definition) is 0. The van der Waals surface area contributed by atoms with E-state index < -0.39 is 0 Å². The van der Waals surface area contributed by atoms with Crippen molar-refractivity contribution in [3.05, 3.63) is 33.5 Å². The molecule has 1 aromatic heterocycles. The number of carbonyl (C=O) groups is 1. The summed E-state index contributed by atoms with van der Waals surface area (Å²) in [7, 11) is 0. The molecule has 1 aliphatic heterocycles. The molecular weight excluding hydrogens is 362 g/mol. The third-order valence-corrected chi connectivity index (χ3v) is 7.07. The lowest BCUT2D eigenvalue weighted by Gasteiger charge is -2.40. The van der Waals surface area contributed by atoms with Crippen molar-refractivity contribution >= 4 is 29.2 Å². The number of piperidine rings is 1. The van der Waals surface area contributed by atoms with Crippen molar-refractivity contribution in [2.45, 2.75) is 64.7 Å². The zero-order valence-electron chi connectivity index (χ0n) is 16.4. The van der Waals surface area contributed by atoms with Gasteiger partial charge >= 0.3 is 0 Å². The summed E-state index contributed by atoms with van der Waals surface area (Å²) in [6.07, 6.45) is 9.13. The molecule has 1 fully saturated rings. The fraction of sp³-hybridized carbons (Fsp3) is 0.682. The zero-order valence-corrected chi connectivity index (χ0v) is 18.0. The summed E-state index contributed by atoms with van der Waals surface area (Å²) in [6, 6.07) is 4.17. The smallest absolute Gasteiger partial charge is 0.124 e. The maximum Gasteiger partial charge on any atom is 0.124 e. The summed E-state index contributed by atoms with van der Waals surface area (Å²) < 4.78 is 0.851. The summed E-state index contributed by atoms with van der Waals surface area (Å²) >= 11 is 7.90. The molecule has 2 nitrogen and oxygen atoms in total. The fourth-order valence-electron chi connectivity index (χ4n) is 4.34. The van der Waals surface area contributed by atoms with Crippen molar-refractivity contribution in [2.24, 2.45) is 11.8 Å². The van der Waals surface area contributed by atoms with Gasteiger partial charge in [0.15, 0.2) is 0 Å². The number of thiophene rings is 1. The molecule has 0 bridgehead atoms. The molecule has 4 heteroatoms. The average Bonchev–Trinajstić information content (AvgIpc) is 3.06. The summed E-state index contributed by atoms with van der Waals surface area (Å²) in [5.74, 6) is 1.62. The van der Waals surface area contributed by atoms with Gasteiger partial charge < -0.3 is 9.69 Å². The largest absolute Gasteiger partial charge is 0.303 e. The van der Waals surface area contributed by atoms with Crippen LogP contribution in [0.3, 0.4) is 0 Å². The molecule has 1 aliphatic rings. The molecule has 0 aromatic carbocycles. The van der Waals surface area contributed by atoms with E-state index in [1.165, 1.54) is 43.5 Å². The molecular formula is C22H34ClNOS. The summed E-state index contributed by atoms with van der Waals surface area (Å²) in [4.78, 5) is 15.0. The lowest BCUT2D eigenvalue weighted by atomic mass is 9.78. The number of unbranched alkanes of at least 4 members (excludes halogenated alkanes) is 1. The van der Waals surface area contributed by atoms with Crippen LogP contribution in [0.2, 0.25) is 4.34 Å². The highest BCUT2D eigenvalue weighted by atomic mass is 35.5. The minimum Gasteiger partial charge on any atom is -0.303 e. The number of likely N-dealkylation sites (tertiary alicyclic amines) is 1. The maximum absolute atomic E-state index is 11.0. The normalized spacial score (nSPS) is 22.3. The molecule has 26 heavy (non-hydrogen) atoms.